The van der Waals surface area contributed by atoms with Crippen LogP contribution in [0.2, 0.25) is 0 Å². The molecule has 2 aliphatic rings. The minimum absolute atomic E-state index is 0.0218. The van der Waals surface area contributed by atoms with Gasteiger partial charge in [0, 0.05) is 25.2 Å². The number of rotatable bonds is 1. The van der Waals surface area contributed by atoms with E-state index in [2.05, 4.69) is 5.32 Å². The van der Waals surface area contributed by atoms with E-state index in [-0.39, 0.29) is 6.03 Å². The van der Waals surface area contributed by atoms with Gasteiger partial charge in [0.25, 0.3) is 0 Å². The molecule has 3 rings (SSSR count). The molecule has 2 aliphatic heterocycles. The topological polar surface area (TPSA) is 41.6 Å². The van der Waals surface area contributed by atoms with Gasteiger partial charge in [-0.05, 0) is 43.0 Å². The molecule has 18 heavy (non-hydrogen) atoms. The predicted octanol–water partition coefficient (Wildman–Crippen LogP) is 2.64. The van der Waals surface area contributed by atoms with Crippen LogP contribution in [-0.4, -0.2) is 30.6 Å². The second-order valence-corrected chi connectivity index (χ2v) is 4.90. The molecule has 0 aliphatic carbocycles. The van der Waals surface area contributed by atoms with Crippen molar-refractivity contribution in [2.45, 2.75) is 25.7 Å². The van der Waals surface area contributed by atoms with Crippen molar-refractivity contribution in [2.24, 2.45) is 0 Å². The zero-order chi connectivity index (χ0) is 12.4. The van der Waals surface area contributed by atoms with Gasteiger partial charge in [-0.3, -0.25) is 0 Å². The van der Waals surface area contributed by atoms with Crippen LogP contribution in [0.1, 0.15) is 24.8 Å². The standard InChI is InChI=1S/C14H18N2O2/c17-14(16-7-2-1-3-8-16)15-12-4-5-13-11(10-12)6-9-18-13/h4-5,10H,1-3,6-9H2,(H,15,17). The Morgan fingerprint density at radius 3 is 2.89 bits per heavy atom. The molecule has 1 saturated heterocycles. The summed E-state index contributed by atoms with van der Waals surface area (Å²) in [6.07, 6.45) is 4.40. The maximum absolute atomic E-state index is 12.1. The lowest BCUT2D eigenvalue weighted by Crippen LogP contribution is -2.38. The maximum Gasteiger partial charge on any atom is 0.321 e. The molecule has 2 heterocycles. The fourth-order valence-corrected chi connectivity index (χ4v) is 2.56. The Bertz CT molecular complexity index is 453. The monoisotopic (exact) mass is 246 g/mol. The first-order chi connectivity index (χ1) is 8.83. The summed E-state index contributed by atoms with van der Waals surface area (Å²) in [5.74, 6) is 0.950. The number of likely N-dealkylation sites (tertiary alicyclic amines) is 1. The van der Waals surface area contributed by atoms with Crippen molar-refractivity contribution in [1.29, 1.82) is 0 Å². The van der Waals surface area contributed by atoms with Gasteiger partial charge in [0.1, 0.15) is 5.75 Å². The van der Waals surface area contributed by atoms with Gasteiger partial charge in [0.2, 0.25) is 0 Å². The highest BCUT2D eigenvalue weighted by atomic mass is 16.5. The van der Waals surface area contributed by atoms with Gasteiger partial charge in [-0.15, -0.1) is 0 Å². The lowest BCUT2D eigenvalue weighted by Gasteiger charge is -2.26. The summed E-state index contributed by atoms with van der Waals surface area (Å²) in [6.45, 7) is 2.50. The quantitative estimate of drug-likeness (QED) is 0.827. The zero-order valence-corrected chi connectivity index (χ0v) is 10.4. The highest BCUT2D eigenvalue weighted by Crippen LogP contribution is 2.28. The van der Waals surface area contributed by atoms with E-state index in [9.17, 15) is 4.79 Å². The SMILES string of the molecule is O=C(Nc1ccc2c(c1)CCO2)N1CCCCC1. The van der Waals surface area contributed by atoms with Crippen LogP contribution in [0.4, 0.5) is 10.5 Å². The fraction of sp³-hybridized carbons (Fsp3) is 0.500. The van der Waals surface area contributed by atoms with Crippen molar-refractivity contribution in [3.63, 3.8) is 0 Å². The average molecular weight is 246 g/mol. The molecular weight excluding hydrogens is 228 g/mol. The van der Waals surface area contributed by atoms with Gasteiger partial charge in [0.05, 0.1) is 6.61 Å². The van der Waals surface area contributed by atoms with E-state index in [1.165, 1.54) is 12.0 Å². The molecule has 1 aromatic carbocycles. The van der Waals surface area contributed by atoms with Gasteiger partial charge in [-0.1, -0.05) is 0 Å². The lowest BCUT2D eigenvalue weighted by molar-refractivity contribution is 0.200. The Kier molecular flexibility index (Phi) is 3.09. The first kappa shape index (κ1) is 11.4. The number of fused-ring (bicyclic) bond motifs is 1. The molecule has 96 valence electrons. The molecule has 0 bridgehead atoms. The van der Waals surface area contributed by atoms with Gasteiger partial charge < -0.3 is 15.0 Å². The summed E-state index contributed by atoms with van der Waals surface area (Å²) in [7, 11) is 0. The summed E-state index contributed by atoms with van der Waals surface area (Å²) in [6, 6.07) is 5.89. The minimum Gasteiger partial charge on any atom is -0.493 e. The smallest absolute Gasteiger partial charge is 0.321 e. The first-order valence-corrected chi connectivity index (χ1v) is 6.64. The van der Waals surface area contributed by atoms with E-state index in [0.29, 0.717) is 0 Å². The maximum atomic E-state index is 12.1. The van der Waals surface area contributed by atoms with Crippen LogP contribution in [0.3, 0.4) is 0 Å². The second kappa shape index (κ2) is 4.88. The van der Waals surface area contributed by atoms with E-state index >= 15 is 0 Å². The number of hydrogen-bond acceptors (Lipinski definition) is 2. The molecule has 0 atom stereocenters. The van der Waals surface area contributed by atoms with E-state index in [1.807, 2.05) is 23.1 Å². The van der Waals surface area contributed by atoms with Gasteiger partial charge in [0.15, 0.2) is 0 Å². The molecule has 4 nitrogen and oxygen atoms in total. The summed E-state index contributed by atoms with van der Waals surface area (Å²) in [5, 5.41) is 2.97. The number of urea groups is 1. The molecule has 4 heteroatoms. The van der Waals surface area contributed by atoms with Crippen LogP contribution >= 0.6 is 0 Å². The molecule has 0 spiro atoms. The molecule has 0 radical (unpaired) electrons. The van der Waals surface area contributed by atoms with Crippen molar-refractivity contribution >= 4 is 11.7 Å². The van der Waals surface area contributed by atoms with Crippen molar-refractivity contribution in [3.05, 3.63) is 23.8 Å². The molecule has 1 fully saturated rings. The third kappa shape index (κ3) is 2.28. The van der Waals surface area contributed by atoms with E-state index in [1.54, 1.807) is 0 Å². The van der Waals surface area contributed by atoms with Gasteiger partial charge in [-0.2, -0.15) is 0 Å². The molecule has 0 unspecified atom stereocenters. The Balaban J connectivity index is 1.66. The van der Waals surface area contributed by atoms with Crippen LogP contribution < -0.4 is 10.1 Å². The van der Waals surface area contributed by atoms with Crippen molar-refractivity contribution in [2.75, 3.05) is 25.0 Å². The Labute approximate surface area is 107 Å². The summed E-state index contributed by atoms with van der Waals surface area (Å²) in [4.78, 5) is 13.9. The highest BCUT2D eigenvalue weighted by Gasteiger charge is 2.17. The highest BCUT2D eigenvalue weighted by molar-refractivity contribution is 5.89. The number of carbonyl (C=O) groups excluding carboxylic acids is 1. The van der Waals surface area contributed by atoms with Gasteiger partial charge >= 0.3 is 6.03 Å². The summed E-state index contributed by atoms with van der Waals surface area (Å²) < 4.78 is 5.45. The van der Waals surface area contributed by atoms with Gasteiger partial charge in [-0.25, -0.2) is 4.79 Å². The summed E-state index contributed by atoms with van der Waals surface area (Å²) >= 11 is 0. The molecule has 2 amide bonds. The van der Waals surface area contributed by atoms with Crippen LogP contribution in [0, 0.1) is 0 Å². The number of carbonyl (C=O) groups is 1. The number of anilines is 1. The van der Waals surface area contributed by atoms with E-state index < -0.39 is 0 Å². The normalized spacial score (nSPS) is 18.1. The number of nitrogens with zero attached hydrogens (tertiary/aromatic N) is 1. The number of benzene rings is 1. The molecule has 1 aromatic rings. The lowest BCUT2D eigenvalue weighted by atomic mass is 10.1. The molecule has 1 N–H and O–H groups in total. The first-order valence-electron chi connectivity index (χ1n) is 6.64. The van der Waals surface area contributed by atoms with Crippen molar-refractivity contribution < 1.29 is 9.53 Å². The second-order valence-electron chi connectivity index (χ2n) is 4.90. The van der Waals surface area contributed by atoms with Crippen LogP contribution in [-0.2, 0) is 6.42 Å². The Hall–Kier alpha value is -1.71. The average Bonchev–Trinajstić information content (AvgIpc) is 2.87. The third-order valence-electron chi connectivity index (χ3n) is 3.58. The van der Waals surface area contributed by atoms with E-state index in [4.69, 9.17) is 4.74 Å². The minimum atomic E-state index is 0.0218. The zero-order valence-electron chi connectivity index (χ0n) is 10.4. The van der Waals surface area contributed by atoms with Crippen LogP contribution in [0.15, 0.2) is 18.2 Å². The number of piperidine rings is 1. The Morgan fingerprint density at radius 1 is 1.22 bits per heavy atom. The van der Waals surface area contributed by atoms with Crippen LogP contribution in [0.5, 0.6) is 5.75 Å². The largest absolute Gasteiger partial charge is 0.493 e. The van der Waals surface area contributed by atoms with Crippen LogP contribution in [0.25, 0.3) is 0 Å². The predicted molar refractivity (Wildman–Crippen MR) is 70.1 cm³/mol. The number of amides is 2. The summed E-state index contributed by atoms with van der Waals surface area (Å²) in [5.41, 5.74) is 2.06. The van der Waals surface area contributed by atoms with Crippen molar-refractivity contribution in [1.82, 2.24) is 4.90 Å². The fourth-order valence-electron chi connectivity index (χ4n) is 2.56. The number of nitrogens with one attached hydrogen (secondary N) is 1. The molecule has 0 aromatic heterocycles. The molecular formula is C14H18N2O2. The Morgan fingerprint density at radius 2 is 2.06 bits per heavy atom. The number of hydrogen-bond donors (Lipinski definition) is 1. The van der Waals surface area contributed by atoms with Crippen molar-refractivity contribution in [3.8, 4) is 5.75 Å². The van der Waals surface area contributed by atoms with E-state index in [0.717, 1.165) is 50.4 Å². The number of ether oxygens (including phenoxy) is 1. The third-order valence-corrected chi connectivity index (χ3v) is 3.58. The molecule has 0 saturated carbocycles.